The van der Waals surface area contributed by atoms with Crippen LogP contribution in [-0.4, -0.2) is 74.1 Å². The van der Waals surface area contributed by atoms with Crippen molar-refractivity contribution in [2.45, 2.75) is 19.1 Å². The zero-order chi connectivity index (χ0) is 24.7. The van der Waals surface area contributed by atoms with Gasteiger partial charge in [0.2, 0.25) is 5.91 Å². The first kappa shape index (κ1) is 25.5. The number of methoxy groups -OCH3 is 2. The van der Waals surface area contributed by atoms with Crippen molar-refractivity contribution in [1.82, 2.24) is 9.80 Å². The van der Waals surface area contributed by atoms with E-state index in [0.717, 1.165) is 17.7 Å². The lowest BCUT2D eigenvalue weighted by atomic mass is 10.2. The minimum absolute atomic E-state index is 0.0164. The average molecular weight is 493 g/mol. The quantitative estimate of drug-likeness (QED) is 0.527. The number of hydrogen-bond donors (Lipinski definition) is 0. The highest BCUT2D eigenvalue weighted by atomic mass is 35.5. The average Bonchev–Trinajstić information content (AvgIpc) is 2.99. The van der Waals surface area contributed by atoms with Crippen LogP contribution in [0.3, 0.4) is 0 Å². The van der Waals surface area contributed by atoms with Crippen LogP contribution in [0.2, 0.25) is 5.02 Å². The molecule has 1 heterocycles. The Bertz CT molecular complexity index is 1050. The lowest BCUT2D eigenvalue weighted by molar-refractivity contribution is -0.142. The third kappa shape index (κ3) is 6.68. The maximum Gasteiger partial charge on any atom is 0.307 e. The number of benzene rings is 2. The molecule has 182 valence electrons. The fourth-order valence-corrected chi connectivity index (χ4v) is 3.84. The van der Waals surface area contributed by atoms with Gasteiger partial charge in [-0.05, 0) is 35.9 Å². The molecular formula is C24H26ClFN2O6. The summed E-state index contributed by atoms with van der Waals surface area (Å²) in [6, 6.07) is 10.8. The summed E-state index contributed by atoms with van der Waals surface area (Å²) >= 11 is 6.08. The Balaban J connectivity index is 1.79. The molecule has 2 aromatic carbocycles. The first-order valence-electron chi connectivity index (χ1n) is 10.6. The molecule has 1 fully saturated rings. The molecule has 0 radical (unpaired) electrons. The largest absolute Gasteiger partial charge is 0.497 e. The fourth-order valence-electron chi connectivity index (χ4n) is 3.59. The van der Waals surface area contributed by atoms with Crippen molar-refractivity contribution >= 4 is 29.4 Å². The van der Waals surface area contributed by atoms with Crippen LogP contribution in [0.5, 0.6) is 5.75 Å². The van der Waals surface area contributed by atoms with E-state index in [9.17, 15) is 18.8 Å². The van der Waals surface area contributed by atoms with E-state index in [1.807, 2.05) is 24.3 Å². The predicted molar refractivity (Wildman–Crippen MR) is 122 cm³/mol. The topological polar surface area (TPSA) is 85.4 Å². The minimum atomic E-state index is -0.568. The van der Waals surface area contributed by atoms with E-state index >= 15 is 0 Å². The molecule has 0 aliphatic carbocycles. The number of hydrogen-bond acceptors (Lipinski definition) is 6. The second kappa shape index (κ2) is 11.8. The number of esters is 1. The molecule has 34 heavy (non-hydrogen) atoms. The van der Waals surface area contributed by atoms with E-state index in [2.05, 4.69) is 4.74 Å². The molecule has 0 spiro atoms. The summed E-state index contributed by atoms with van der Waals surface area (Å²) in [6.45, 7) is 0.411. The minimum Gasteiger partial charge on any atom is -0.497 e. The molecule has 0 N–H and O–H groups in total. The van der Waals surface area contributed by atoms with Crippen LogP contribution in [-0.2, 0) is 25.7 Å². The second-order valence-corrected chi connectivity index (χ2v) is 8.17. The van der Waals surface area contributed by atoms with Gasteiger partial charge in [0.05, 0.1) is 43.9 Å². The Morgan fingerprint density at radius 1 is 1.15 bits per heavy atom. The van der Waals surface area contributed by atoms with Crippen molar-refractivity contribution in [2.75, 3.05) is 40.4 Å². The van der Waals surface area contributed by atoms with Gasteiger partial charge in [0.1, 0.15) is 18.1 Å². The SMILES string of the molecule is COC(=O)CCN1C[C@H](OCc2cccc(OC)c2)CN(C(=O)c2ccc(F)cc2Cl)CC1=O. The lowest BCUT2D eigenvalue weighted by Crippen LogP contribution is -2.40. The number of nitrogens with zero attached hydrogens (tertiary/aromatic N) is 2. The Labute approximate surface area is 202 Å². The van der Waals surface area contributed by atoms with Crippen molar-refractivity contribution in [1.29, 1.82) is 0 Å². The summed E-state index contributed by atoms with van der Waals surface area (Å²) in [7, 11) is 2.85. The molecule has 2 aromatic rings. The van der Waals surface area contributed by atoms with Gasteiger partial charge in [0, 0.05) is 19.6 Å². The summed E-state index contributed by atoms with van der Waals surface area (Å²) in [5, 5.41) is -0.0434. The molecule has 0 aromatic heterocycles. The Morgan fingerprint density at radius 3 is 2.65 bits per heavy atom. The third-order valence-electron chi connectivity index (χ3n) is 5.41. The van der Waals surface area contributed by atoms with Gasteiger partial charge in [-0.25, -0.2) is 4.39 Å². The maximum absolute atomic E-state index is 13.5. The number of ether oxygens (including phenoxy) is 3. The lowest BCUT2D eigenvalue weighted by Gasteiger charge is -2.25. The Kier molecular flexibility index (Phi) is 8.84. The Morgan fingerprint density at radius 2 is 1.94 bits per heavy atom. The van der Waals surface area contributed by atoms with Gasteiger partial charge in [-0.3, -0.25) is 14.4 Å². The molecule has 3 rings (SSSR count). The van der Waals surface area contributed by atoms with Gasteiger partial charge >= 0.3 is 5.97 Å². The Hall–Kier alpha value is -3.17. The molecule has 1 atom stereocenters. The van der Waals surface area contributed by atoms with Crippen molar-refractivity contribution in [3.05, 3.63) is 64.4 Å². The van der Waals surface area contributed by atoms with E-state index in [4.69, 9.17) is 21.1 Å². The van der Waals surface area contributed by atoms with Crippen LogP contribution in [0.1, 0.15) is 22.3 Å². The van der Waals surface area contributed by atoms with Gasteiger partial charge in [0.15, 0.2) is 0 Å². The van der Waals surface area contributed by atoms with Crippen molar-refractivity contribution in [2.24, 2.45) is 0 Å². The fraction of sp³-hybridized carbons (Fsp3) is 0.375. The van der Waals surface area contributed by atoms with Gasteiger partial charge < -0.3 is 24.0 Å². The van der Waals surface area contributed by atoms with Crippen molar-refractivity contribution in [3.63, 3.8) is 0 Å². The third-order valence-corrected chi connectivity index (χ3v) is 5.72. The molecule has 2 amide bonds. The van der Waals surface area contributed by atoms with Gasteiger partial charge in [0.25, 0.3) is 5.91 Å². The van der Waals surface area contributed by atoms with Gasteiger partial charge in [-0.15, -0.1) is 0 Å². The summed E-state index contributed by atoms with van der Waals surface area (Å²) in [4.78, 5) is 40.5. The molecule has 8 nitrogen and oxygen atoms in total. The molecule has 1 saturated heterocycles. The zero-order valence-electron chi connectivity index (χ0n) is 19.0. The highest BCUT2D eigenvalue weighted by Crippen LogP contribution is 2.21. The number of halogens is 2. The highest BCUT2D eigenvalue weighted by molar-refractivity contribution is 6.33. The van der Waals surface area contributed by atoms with Crippen LogP contribution in [0.4, 0.5) is 4.39 Å². The molecule has 1 aliphatic rings. The van der Waals surface area contributed by atoms with E-state index in [-0.39, 0.29) is 55.7 Å². The van der Waals surface area contributed by atoms with Crippen LogP contribution in [0.25, 0.3) is 0 Å². The van der Waals surface area contributed by atoms with Gasteiger partial charge in [-0.1, -0.05) is 23.7 Å². The first-order chi connectivity index (χ1) is 16.3. The molecule has 1 aliphatic heterocycles. The zero-order valence-corrected chi connectivity index (χ0v) is 19.7. The summed E-state index contributed by atoms with van der Waals surface area (Å²) < 4.78 is 29.4. The van der Waals surface area contributed by atoms with Gasteiger partial charge in [-0.2, -0.15) is 0 Å². The van der Waals surface area contributed by atoms with E-state index in [0.29, 0.717) is 5.75 Å². The summed E-state index contributed by atoms with van der Waals surface area (Å²) in [6.07, 6.45) is -0.527. The number of carbonyl (C=O) groups excluding carboxylic acids is 3. The molecular weight excluding hydrogens is 467 g/mol. The number of carbonyl (C=O) groups is 3. The summed E-state index contributed by atoms with van der Waals surface area (Å²) in [5.41, 5.74) is 0.945. The predicted octanol–water partition coefficient (Wildman–Crippen LogP) is 2.92. The standard InChI is InChI=1S/C24H26ClFN2O6/c1-32-18-5-3-4-16(10-18)15-34-19-12-27(9-8-23(30)33-2)22(29)14-28(13-19)24(31)20-7-6-17(26)11-21(20)25/h3-7,10-11,19H,8-9,12-15H2,1-2H3/t19-/m0/s1. The molecule has 0 bridgehead atoms. The van der Waals surface area contributed by atoms with Crippen molar-refractivity contribution < 1.29 is 33.0 Å². The van der Waals surface area contributed by atoms with Crippen LogP contribution < -0.4 is 4.74 Å². The van der Waals surface area contributed by atoms with E-state index in [1.54, 1.807) is 7.11 Å². The highest BCUT2D eigenvalue weighted by Gasteiger charge is 2.32. The van der Waals surface area contributed by atoms with Crippen LogP contribution in [0, 0.1) is 5.82 Å². The summed E-state index contributed by atoms with van der Waals surface area (Å²) in [5.74, 6) is -1.19. The number of rotatable bonds is 8. The smallest absolute Gasteiger partial charge is 0.307 e. The first-order valence-corrected chi connectivity index (χ1v) is 11.0. The number of amides is 2. The second-order valence-electron chi connectivity index (χ2n) is 7.76. The van der Waals surface area contributed by atoms with E-state index in [1.165, 1.54) is 23.0 Å². The molecule has 10 heteroatoms. The molecule has 0 unspecified atom stereocenters. The van der Waals surface area contributed by atoms with Crippen LogP contribution >= 0.6 is 11.6 Å². The molecule has 0 saturated carbocycles. The van der Waals surface area contributed by atoms with Crippen molar-refractivity contribution in [3.8, 4) is 5.75 Å². The monoisotopic (exact) mass is 492 g/mol. The normalized spacial score (nSPS) is 16.2. The maximum atomic E-state index is 13.5. The van der Waals surface area contributed by atoms with E-state index < -0.39 is 23.8 Å². The van der Waals surface area contributed by atoms with Crippen LogP contribution in [0.15, 0.2) is 42.5 Å².